The van der Waals surface area contributed by atoms with Crippen molar-refractivity contribution in [1.82, 2.24) is 5.32 Å². The summed E-state index contributed by atoms with van der Waals surface area (Å²) in [4.78, 5) is 33.7. The van der Waals surface area contributed by atoms with Crippen LogP contribution in [0, 0.1) is 23.0 Å². The van der Waals surface area contributed by atoms with E-state index in [9.17, 15) is 19.7 Å². The standard InChI is InChI=1S/C13H17N3O4/c1-7(2)11(12(14)17)15-13(18)9-6-8(3)4-5-10(9)16(19)20/h4-7,11H,1-3H3,(H2,14,17)(H,15,18). The molecule has 0 saturated heterocycles. The highest BCUT2D eigenvalue weighted by Gasteiger charge is 2.26. The third kappa shape index (κ3) is 3.53. The highest BCUT2D eigenvalue weighted by Crippen LogP contribution is 2.20. The van der Waals surface area contributed by atoms with Gasteiger partial charge in [0.05, 0.1) is 4.92 Å². The molecule has 0 aliphatic heterocycles. The van der Waals surface area contributed by atoms with Crippen molar-refractivity contribution >= 4 is 17.5 Å². The zero-order chi connectivity index (χ0) is 15.4. The summed E-state index contributed by atoms with van der Waals surface area (Å²) in [6, 6.07) is 3.34. The van der Waals surface area contributed by atoms with Gasteiger partial charge in [-0.25, -0.2) is 0 Å². The Kier molecular flexibility index (Phi) is 4.79. The van der Waals surface area contributed by atoms with E-state index in [-0.39, 0.29) is 17.2 Å². The summed E-state index contributed by atoms with van der Waals surface area (Å²) in [6.45, 7) is 5.16. The average Bonchev–Trinajstić information content (AvgIpc) is 2.34. The van der Waals surface area contributed by atoms with Crippen LogP contribution in [-0.2, 0) is 4.79 Å². The minimum atomic E-state index is -0.873. The maximum Gasteiger partial charge on any atom is 0.282 e. The third-order valence-corrected chi connectivity index (χ3v) is 2.85. The van der Waals surface area contributed by atoms with Gasteiger partial charge in [0.25, 0.3) is 11.6 Å². The number of nitro benzene ring substituents is 1. The van der Waals surface area contributed by atoms with Crippen molar-refractivity contribution in [2.75, 3.05) is 0 Å². The predicted octanol–water partition coefficient (Wildman–Crippen LogP) is 1.14. The molecule has 1 aromatic rings. The molecule has 0 radical (unpaired) electrons. The number of hydrogen-bond donors (Lipinski definition) is 2. The molecule has 0 aliphatic rings. The van der Waals surface area contributed by atoms with Crippen molar-refractivity contribution in [2.24, 2.45) is 11.7 Å². The smallest absolute Gasteiger partial charge is 0.282 e. The number of nitrogens with zero attached hydrogens (tertiary/aromatic N) is 1. The van der Waals surface area contributed by atoms with Crippen LogP contribution in [0.1, 0.15) is 29.8 Å². The van der Waals surface area contributed by atoms with Crippen molar-refractivity contribution in [1.29, 1.82) is 0 Å². The van der Waals surface area contributed by atoms with Gasteiger partial charge in [0.2, 0.25) is 5.91 Å². The molecular weight excluding hydrogens is 262 g/mol. The summed E-state index contributed by atoms with van der Waals surface area (Å²) in [5.41, 5.74) is 5.53. The Hall–Kier alpha value is -2.44. The monoisotopic (exact) mass is 279 g/mol. The van der Waals surface area contributed by atoms with Gasteiger partial charge in [0.15, 0.2) is 0 Å². The summed E-state index contributed by atoms with van der Waals surface area (Å²) < 4.78 is 0. The SMILES string of the molecule is Cc1ccc([N+](=O)[O-])c(C(=O)NC(C(N)=O)C(C)C)c1. The minimum absolute atomic E-state index is 0.0816. The molecular formula is C13H17N3O4. The summed E-state index contributed by atoms with van der Waals surface area (Å²) in [6.07, 6.45) is 0. The Morgan fingerprint density at radius 2 is 1.95 bits per heavy atom. The molecule has 0 heterocycles. The van der Waals surface area contributed by atoms with Gasteiger partial charge in [-0.3, -0.25) is 19.7 Å². The Morgan fingerprint density at radius 3 is 2.40 bits per heavy atom. The van der Waals surface area contributed by atoms with E-state index in [0.29, 0.717) is 5.56 Å². The lowest BCUT2D eigenvalue weighted by Gasteiger charge is -2.18. The highest BCUT2D eigenvalue weighted by molar-refractivity contribution is 6.00. The number of nitro groups is 1. The molecule has 1 atom stereocenters. The zero-order valence-electron chi connectivity index (χ0n) is 11.5. The Bertz CT molecular complexity index is 555. The van der Waals surface area contributed by atoms with E-state index in [1.165, 1.54) is 12.1 Å². The van der Waals surface area contributed by atoms with Crippen molar-refractivity contribution in [3.63, 3.8) is 0 Å². The molecule has 0 fully saturated rings. The van der Waals surface area contributed by atoms with Crippen LogP contribution >= 0.6 is 0 Å². The largest absolute Gasteiger partial charge is 0.368 e. The maximum absolute atomic E-state index is 12.1. The van der Waals surface area contributed by atoms with Crippen LogP contribution in [-0.4, -0.2) is 22.8 Å². The summed E-state index contributed by atoms with van der Waals surface area (Å²) >= 11 is 0. The molecule has 1 rings (SSSR count). The topological polar surface area (TPSA) is 115 Å². The molecule has 7 nitrogen and oxygen atoms in total. The second-order valence-corrected chi connectivity index (χ2v) is 4.88. The molecule has 7 heteroatoms. The van der Waals surface area contributed by atoms with Crippen LogP contribution in [0.25, 0.3) is 0 Å². The molecule has 1 unspecified atom stereocenters. The fourth-order valence-corrected chi connectivity index (χ4v) is 1.78. The Balaban J connectivity index is 3.11. The second kappa shape index (κ2) is 6.14. The summed E-state index contributed by atoms with van der Waals surface area (Å²) in [5, 5.41) is 13.4. The molecule has 2 amide bonds. The van der Waals surface area contributed by atoms with Gasteiger partial charge in [-0.1, -0.05) is 19.9 Å². The number of hydrogen-bond acceptors (Lipinski definition) is 4. The number of benzene rings is 1. The molecule has 0 bridgehead atoms. The van der Waals surface area contributed by atoms with Crippen molar-refractivity contribution in [3.05, 3.63) is 39.4 Å². The quantitative estimate of drug-likeness (QED) is 0.621. The van der Waals surface area contributed by atoms with Crippen LogP contribution in [0.15, 0.2) is 18.2 Å². The van der Waals surface area contributed by atoms with Crippen LogP contribution in [0.2, 0.25) is 0 Å². The number of rotatable bonds is 5. The van der Waals surface area contributed by atoms with E-state index in [0.717, 1.165) is 0 Å². The van der Waals surface area contributed by atoms with E-state index in [1.807, 2.05) is 0 Å². The van der Waals surface area contributed by atoms with E-state index < -0.39 is 22.8 Å². The predicted molar refractivity (Wildman–Crippen MR) is 73.1 cm³/mol. The van der Waals surface area contributed by atoms with Gasteiger partial charge in [-0.15, -0.1) is 0 Å². The highest BCUT2D eigenvalue weighted by atomic mass is 16.6. The van der Waals surface area contributed by atoms with Crippen LogP contribution in [0.4, 0.5) is 5.69 Å². The average molecular weight is 279 g/mol. The van der Waals surface area contributed by atoms with Crippen LogP contribution < -0.4 is 11.1 Å². The molecule has 20 heavy (non-hydrogen) atoms. The van der Waals surface area contributed by atoms with Crippen LogP contribution in [0.3, 0.4) is 0 Å². The van der Waals surface area contributed by atoms with Crippen molar-refractivity contribution < 1.29 is 14.5 Å². The first kappa shape index (κ1) is 15.6. The first-order valence-electron chi connectivity index (χ1n) is 6.09. The van der Waals surface area contributed by atoms with Gasteiger partial charge in [0.1, 0.15) is 11.6 Å². The van der Waals surface area contributed by atoms with Crippen molar-refractivity contribution in [3.8, 4) is 0 Å². The van der Waals surface area contributed by atoms with Gasteiger partial charge < -0.3 is 11.1 Å². The Labute approximate surface area is 116 Å². The number of nitrogens with two attached hydrogens (primary N) is 1. The Morgan fingerprint density at radius 1 is 1.35 bits per heavy atom. The molecule has 108 valence electrons. The number of amides is 2. The zero-order valence-corrected chi connectivity index (χ0v) is 11.5. The normalized spacial score (nSPS) is 12.0. The number of nitrogens with one attached hydrogen (secondary N) is 1. The van der Waals surface area contributed by atoms with Gasteiger partial charge >= 0.3 is 0 Å². The number of aryl methyl sites for hydroxylation is 1. The second-order valence-electron chi connectivity index (χ2n) is 4.88. The van der Waals surface area contributed by atoms with E-state index >= 15 is 0 Å². The molecule has 3 N–H and O–H groups in total. The van der Waals surface area contributed by atoms with Gasteiger partial charge in [-0.2, -0.15) is 0 Å². The van der Waals surface area contributed by atoms with Crippen molar-refractivity contribution in [2.45, 2.75) is 26.8 Å². The molecule has 0 aromatic heterocycles. The maximum atomic E-state index is 12.1. The van der Waals surface area contributed by atoms with E-state index in [2.05, 4.69) is 5.32 Å². The molecule has 0 spiro atoms. The summed E-state index contributed by atoms with van der Waals surface area (Å²) in [5.74, 6) is -1.57. The van der Waals surface area contributed by atoms with Gasteiger partial charge in [0, 0.05) is 6.07 Å². The van der Waals surface area contributed by atoms with Crippen LogP contribution in [0.5, 0.6) is 0 Å². The molecule has 0 aliphatic carbocycles. The van der Waals surface area contributed by atoms with Gasteiger partial charge in [-0.05, 0) is 24.5 Å². The lowest BCUT2D eigenvalue weighted by Crippen LogP contribution is -2.47. The fraction of sp³-hybridized carbons (Fsp3) is 0.385. The number of primary amides is 1. The van der Waals surface area contributed by atoms with E-state index in [4.69, 9.17) is 5.73 Å². The fourth-order valence-electron chi connectivity index (χ4n) is 1.78. The lowest BCUT2D eigenvalue weighted by molar-refractivity contribution is -0.385. The van der Waals surface area contributed by atoms with E-state index in [1.54, 1.807) is 26.8 Å². The lowest BCUT2D eigenvalue weighted by atomic mass is 10.0. The third-order valence-electron chi connectivity index (χ3n) is 2.85. The minimum Gasteiger partial charge on any atom is -0.368 e. The number of carbonyl (C=O) groups excluding carboxylic acids is 2. The first-order valence-corrected chi connectivity index (χ1v) is 6.09. The molecule has 1 aromatic carbocycles. The number of carbonyl (C=O) groups is 2. The molecule has 0 saturated carbocycles. The first-order chi connectivity index (χ1) is 9.23. The summed E-state index contributed by atoms with van der Waals surface area (Å²) in [7, 11) is 0.